The third kappa shape index (κ3) is 3.19. The number of hydrogen-bond donors (Lipinski definition) is 2. The van der Waals surface area contributed by atoms with Crippen molar-refractivity contribution in [2.24, 2.45) is 0 Å². The van der Waals surface area contributed by atoms with Gasteiger partial charge in [0, 0.05) is 23.8 Å². The molecule has 98 valence electrons. The van der Waals surface area contributed by atoms with Gasteiger partial charge < -0.3 is 15.0 Å². The molecule has 6 nitrogen and oxygen atoms in total. The Morgan fingerprint density at radius 1 is 1.42 bits per heavy atom. The minimum absolute atomic E-state index is 0.0456. The monoisotopic (exact) mass is 259 g/mol. The van der Waals surface area contributed by atoms with Crippen LogP contribution in [0.25, 0.3) is 0 Å². The third-order valence-electron chi connectivity index (χ3n) is 2.54. The number of aromatic carboxylic acids is 1. The Hall–Kier alpha value is -2.63. The van der Waals surface area contributed by atoms with Crippen LogP contribution >= 0.6 is 0 Å². The molecule has 0 unspecified atom stereocenters. The number of aryl methyl sites for hydroxylation is 1. The SMILES string of the molecule is Cc1cc(NC(=O)Cn2cccc2C(=O)O)ccn1. The van der Waals surface area contributed by atoms with Gasteiger partial charge in [-0.1, -0.05) is 0 Å². The molecule has 1 amide bonds. The fourth-order valence-corrected chi connectivity index (χ4v) is 1.72. The second-order valence-corrected chi connectivity index (χ2v) is 4.06. The number of pyridine rings is 1. The van der Waals surface area contributed by atoms with Crippen LogP contribution in [0.3, 0.4) is 0 Å². The standard InChI is InChI=1S/C13H13N3O3/c1-9-7-10(4-5-14-9)15-12(17)8-16-6-2-3-11(16)13(18)19/h2-7H,8H2,1H3,(H,18,19)(H,14,15,17). The molecule has 0 spiro atoms. The Morgan fingerprint density at radius 2 is 2.21 bits per heavy atom. The lowest BCUT2D eigenvalue weighted by molar-refractivity contribution is -0.116. The number of nitrogens with one attached hydrogen (secondary N) is 1. The van der Waals surface area contributed by atoms with Crippen LogP contribution < -0.4 is 5.32 Å². The van der Waals surface area contributed by atoms with Gasteiger partial charge in [0.2, 0.25) is 5.91 Å². The quantitative estimate of drug-likeness (QED) is 0.872. The van der Waals surface area contributed by atoms with Crippen molar-refractivity contribution in [1.82, 2.24) is 9.55 Å². The first-order valence-electron chi connectivity index (χ1n) is 5.67. The maximum absolute atomic E-state index is 11.8. The number of nitrogens with zero attached hydrogens (tertiary/aromatic N) is 2. The topological polar surface area (TPSA) is 84.2 Å². The molecule has 6 heteroatoms. The van der Waals surface area contributed by atoms with Gasteiger partial charge in [-0.25, -0.2) is 4.79 Å². The molecule has 0 aliphatic carbocycles. The van der Waals surface area contributed by atoms with E-state index < -0.39 is 5.97 Å². The zero-order valence-electron chi connectivity index (χ0n) is 10.3. The highest BCUT2D eigenvalue weighted by Crippen LogP contribution is 2.08. The second kappa shape index (κ2) is 5.34. The Kier molecular flexibility index (Phi) is 3.61. The van der Waals surface area contributed by atoms with Crippen molar-refractivity contribution in [3.05, 3.63) is 48.0 Å². The predicted molar refractivity (Wildman–Crippen MR) is 69.0 cm³/mol. The van der Waals surface area contributed by atoms with E-state index in [1.165, 1.54) is 10.6 Å². The molecule has 0 atom stereocenters. The van der Waals surface area contributed by atoms with Gasteiger partial charge >= 0.3 is 5.97 Å². The van der Waals surface area contributed by atoms with E-state index in [-0.39, 0.29) is 18.1 Å². The van der Waals surface area contributed by atoms with Crippen LogP contribution in [0.5, 0.6) is 0 Å². The summed E-state index contributed by atoms with van der Waals surface area (Å²) in [5, 5.41) is 11.6. The summed E-state index contributed by atoms with van der Waals surface area (Å²) in [6, 6.07) is 6.46. The summed E-state index contributed by atoms with van der Waals surface area (Å²) in [5.41, 5.74) is 1.52. The smallest absolute Gasteiger partial charge is 0.352 e. The van der Waals surface area contributed by atoms with Crippen molar-refractivity contribution in [2.45, 2.75) is 13.5 Å². The Morgan fingerprint density at radius 3 is 2.89 bits per heavy atom. The molecule has 2 aromatic heterocycles. The molecular weight excluding hydrogens is 246 g/mol. The lowest BCUT2D eigenvalue weighted by Crippen LogP contribution is -2.20. The van der Waals surface area contributed by atoms with Crippen LogP contribution in [0.2, 0.25) is 0 Å². The average molecular weight is 259 g/mol. The molecule has 0 radical (unpaired) electrons. The first kappa shape index (κ1) is 12.8. The van der Waals surface area contributed by atoms with Gasteiger partial charge in [0.15, 0.2) is 0 Å². The molecule has 0 saturated carbocycles. The predicted octanol–water partition coefficient (Wildman–Crippen LogP) is 1.53. The zero-order valence-corrected chi connectivity index (χ0v) is 10.3. The van der Waals surface area contributed by atoms with Gasteiger partial charge in [-0.15, -0.1) is 0 Å². The van der Waals surface area contributed by atoms with E-state index in [9.17, 15) is 9.59 Å². The highest BCUT2D eigenvalue weighted by Gasteiger charge is 2.11. The highest BCUT2D eigenvalue weighted by molar-refractivity contribution is 5.92. The maximum atomic E-state index is 11.8. The normalized spacial score (nSPS) is 10.2. The number of carbonyl (C=O) groups excluding carboxylic acids is 1. The van der Waals surface area contributed by atoms with Crippen molar-refractivity contribution in [3.63, 3.8) is 0 Å². The highest BCUT2D eigenvalue weighted by atomic mass is 16.4. The van der Waals surface area contributed by atoms with E-state index in [1.807, 2.05) is 6.92 Å². The van der Waals surface area contributed by atoms with Crippen molar-refractivity contribution in [2.75, 3.05) is 5.32 Å². The average Bonchev–Trinajstić information content (AvgIpc) is 2.76. The van der Waals surface area contributed by atoms with Gasteiger partial charge in [0.25, 0.3) is 0 Å². The minimum Gasteiger partial charge on any atom is -0.477 e. The molecule has 0 aliphatic heterocycles. The molecule has 0 aromatic carbocycles. The number of carboxylic acid groups (broad SMARTS) is 1. The third-order valence-corrected chi connectivity index (χ3v) is 2.54. The number of aromatic nitrogens is 2. The van der Waals surface area contributed by atoms with Gasteiger partial charge in [0.1, 0.15) is 12.2 Å². The van der Waals surface area contributed by atoms with Crippen LogP contribution in [0.15, 0.2) is 36.7 Å². The summed E-state index contributed by atoms with van der Waals surface area (Å²) >= 11 is 0. The largest absolute Gasteiger partial charge is 0.477 e. The molecule has 0 aliphatic rings. The van der Waals surface area contributed by atoms with Crippen LogP contribution in [0, 0.1) is 6.92 Å². The molecule has 0 saturated heterocycles. The summed E-state index contributed by atoms with van der Waals surface area (Å²) in [6.07, 6.45) is 3.16. The van der Waals surface area contributed by atoms with Crippen molar-refractivity contribution >= 4 is 17.6 Å². The number of rotatable bonds is 4. The molecule has 2 heterocycles. The molecule has 2 rings (SSSR count). The van der Waals surface area contributed by atoms with E-state index in [0.29, 0.717) is 5.69 Å². The Labute approximate surface area is 109 Å². The van der Waals surface area contributed by atoms with E-state index in [2.05, 4.69) is 10.3 Å². The first-order valence-corrected chi connectivity index (χ1v) is 5.67. The van der Waals surface area contributed by atoms with Crippen LogP contribution in [0.1, 0.15) is 16.2 Å². The van der Waals surface area contributed by atoms with Gasteiger partial charge in [-0.05, 0) is 31.2 Å². The van der Waals surface area contributed by atoms with E-state index in [1.54, 1.807) is 30.6 Å². The van der Waals surface area contributed by atoms with Gasteiger partial charge in [0.05, 0.1) is 0 Å². The number of anilines is 1. The minimum atomic E-state index is -1.06. The zero-order chi connectivity index (χ0) is 13.8. The van der Waals surface area contributed by atoms with Crippen molar-refractivity contribution < 1.29 is 14.7 Å². The summed E-state index contributed by atoms with van der Waals surface area (Å²) in [4.78, 5) is 26.8. The van der Waals surface area contributed by atoms with Crippen LogP contribution in [-0.2, 0) is 11.3 Å². The molecule has 2 aromatic rings. The Balaban J connectivity index is 2.05. The van der Waals surface area contributed by atoms with E-state index >= 15 is 0 Å². The number of carboxylic acids is 1. The fraction of sp³-hybridized carbons (Fsp3) is 0.154. The maximum Gasteiger partial charge on any atom is 0.352 e. The number of amides is 1. The molecule has 19 heavy (non-hydrogen) atoms. The number of hydrogen-bond acceptors (Lipinski definition) is 3. The van der Waals surface area contributed by atoms with Gasteiger partial charge in [-0.3, -0.25) is 9.78 Å². The van der Waals surface area contributed by atoms with Crippen molar-refractivity contribution in [3.8, 4) is 0 Å². The van der Waals surface area contributed by atoms with E-state index in [0.717, 1.165) is 5.69 Å². The molecular formula is C13H13N3O3. The second-order valence-electron chi connectivity index (χ2n) is 4.06. The van der Waals surface area contributed by atoms with Gasteiger partial charge in [-0.2, -0.15) is 0 Å². The lowest BCUT2D eigenvalue weighted by atomic mass is 10.3. The van der Waals surface area contributed by atoms with Crippen LogP contribution in [-0.4, -0.2) is 26.5 Å². The fourth-order valence-electron chi connectivity index (χ4n) is 1.72. The molecule has 0 fully saturated rings. The summed E-state index contributed by atoms with van der Waals surface area (Å²) in [7, 11) is 0. The molecule has 0 bridgehead atoms. The Bertz CT molecular complexity index is 619. The summed E-state index contributed by atoms with van der Waals surface area (Å²) in [5.74, 6) is -1.35. The number of carbonyl (C=O) groups is 2. The van der Waals surface area contributed by atoms with Crippen LogP contribution in [0.4, 0.5) is 5.69 Å². The van der Waals surface area contributed by atoms with Crippen molar-refractivity contribution in [1.29, 1.82) is 0 Å². The summed E-state index contributed by atoms with van der Waals surface area (Å²) in [6.45, 7) is 1.78. The van der Waals surface area contributed by atoms with E-state index in [4.69, 9.17) is 5.11 Å². The summed E-state index contributed by atoms with van der Waals surface area (Å²) < 4.78 is 1.38. The first-order chi connectivity index (χ1) is 9.06. The lowest BCUT2D eigenvalue weighted by Gasteiger charge is -2.08. The molecule has 2 N–H and O–H groups in total.